The van der Waals surface area contributed by atoms with E-state index >= 15 is 0 Å². The molecular formula is C19H18N4S. The molecule has 2 aromatic heterocycles. The first-order chi connectivity index (χ1) is 11.6. The van der Waals surface area contributed by atoms with Crippen LogP contribution in [0.2, 0.25) is 0 Å². The van der Waals surface area contributed by atoms with Crippen molar-refractivity contribution in [2.75, 3.05) is 5.32 Å². The van der Waals surface area contributed by atoms with Crippen LogP contribution in [-0.4, -0.2) is 9.97 Å². The molecular weight excluding hydrogens is 316 g/mol. The van der Waals surface area contributed by atoms with Gasteiger partial charge in [-0.3, -0.25) is 0 Å². The lowest BCUT2D eigenvalue weighted by Crippen LogP contribution is -2.08. The molecule has 0 bridgehead atoms. The van der Waals surface area contributed by atoms with Crippen molar-refractivity contribution in [2.24, 2.45) is 0 Å². The van der Waals surface area contributed by atoms with Gasteiger partial charge in [-0.25, -0.2) is 9.97 Å². The monoisotopic (exact) mass is 334 g/mol. The molecule has 1 aromatic carbocycles. The third kappa shape index (κ3) is 3.29. The second-order valence-corrected chi connectivity index (χ2v) is 6.71. The Balaban J connectivity index is 1.84. The van der Waals surface area contributed by atoms with E-state index in [1.165, 1.54) is 4.88 Å². The van der Waals surface area contributed by atoms with Gasteiger partial charge in [-0.05, 0) is 32.4 Å². The predicted molar refractivity (Wildman–Crippen MR) is 98.0 cm³/mol. The van der Waals surface area contributed by atoms with Crippen molar-refractivity contribution in [1.82, 2.24) is 9.97 Å². The summed E-state index contributed by atoms with van der Waals surface area (Å²) in [5, 5.41) is 13.5. The Labute approximate surface area is 145 Å². The zero-order valence-electron chi connectivity index (χ0n) is 13.9. The normalized spacial score (nSPS) is 11.8. The summed E-state index contributed by atoms with van der Waals surface area (Å²) in [6.07, 6.45) is 0. The molecule has 5 heteroatoms. The molecule has 4 nitrogen and oxygen atoms in total. The van der Waals surface area contributed by atoms with Crippen molar-refractivity contribution in [1.29, 1.82) is 5.26 Å². The Morgan fingerprint density at radius 1 is 1.08 bits per heavy atom. The van der Waals surface area contributed by atoms with Gasteiger partial charge in [0.25, 0.3) is 0 Å². The molecule has 2 heterocycles. The number of nitrogens with zero attached hydrogens (tertiary/aromatic N) is 3. The Bertz CT molecular complexity index is 893. The van der Waals surface area contributed by atoms with E-state index in [2.05, 4.69) is 35.4 Å². The van der Waals surface area contributed by atoms with Gasteiger partial charge in [-0.15, -0.1) is 11.3 Å². The minimum absolute atomic E-state index is 0.0710. The zero-order valence-corrected chi connectivity index (χ0v) is 14.7. The average molecular weight is 334 g/mol. The molecule has 0 amide bonds. The van der Waals surface area contributed by atoms with Gasteiger partial charge in [0.2, 0.25) is 0 Å². The van der Waals surface area contributed by atoms with Crippen molar-refractivity contribution >= 4 is 17.2 Å². The van der Waals surface area contributed by atoms with Gasteiger partial charge >= 0.3 is 0 Å². The maximum atomic E-state index is 9.12. The standard InChI is InChI=1S/C19H18N4S/c1-12-9-10-17(23-16(12)11-20)21-13(2)18-14(3)22-19(24-18)15-7-5-4-6-8-15/h4-10,13H,1-3H3,(H,21,23). The molecule has 120 valence electrons. The number of hydrogen-bond acceptors (Lipinski definition) is 5. The van der Waals surface area contributed by atoms with Crippen molar-refractivity contribution in [3.05, 3.63) is 64.3 Å². The van der Waals surface area contributed by atoms with Crippen LogP contribution in [0.3, 0.4) is 0 Å². The van der Waals surface area contributed by atoms with Crippen molar-refractivity contribution < 1.29 is 0 Å². The molecule has 0 fully saturated rings. The van der Waals surface area contributed by atoms with Crippen LogP contribution in [0.25, 0.3) is 10.6 Å². The fourth-order valence-corrected chi connectivity index (χ4v) is 3.60. The van der Waals surface area contributed by atoms with Crippen LogP contribution in [-0.2, 0) is 0 Å². The third-order valence-electron chi connectivity index (χ3n) is 3.81. The summed E-state index contributed by atoms with van der Waals surface area (Å²) in [4.78, 5) is 10.2. The van der Waals surface area contributed by atoms with Gasteiger partial charge in [0, 0.05) is 10.4 Å². The predicted octanol–water partition coefficient (Wildman–Crippen LogP) is 4.87. The first-order valence-corrected chi connectivity index (χ1v) is 8.57. The molecule has 0 spiro atoms. The van der Waals surface area contributed by atoms with E-state index in [9.17, 15) is 0 Å². The topological polar surface area (TPSA) is 61.6 Å². The van der Waals surface area contributed by atoms with Crippen LogP contribution < -0.4 is 5.32 Å². The van der Waals surface area contributed by atoms with E-state index in [4.69, 9.17) is 10.2 Å². The van der Waals surface area contributed by atoms with Crippen molar-refractivity contribution in [2.45, 2.75) is 26.8 Å². The van der Waals surface area contributed by atoms with Gasteiger partial charge in [0.15, 0.2) is 0 Å². The second-order valence-electron chi connectivity index (χ2n) is 5.67. The molecule has 0 aliphatic carbocycles. The average Bonchev–Trinajstić information content (AvgIpc) is 2.99. The molecule has 1 N–H and O–H groups in total. The molecule has 24 heavy (non-hydrogen) atoms. The molecule has 1 unspecified atom stereocenters. The van der Waals surface area contributed by atoms with Crippen LogP contribution in [0.1, 0.15) is 34.8 Å². The fourth-order valence-electron chi connectivity index (χ4n) is 2.52. The first kappa shape index (κ1) is 16.2. The van der Waals surface area contributed by atoms with Crippen LogP contribution in [0, 0.1) is 25.2 Å². The number of hydrogen-bond donors (Lipinski definition) is 1. The van der Waals surface area contributed by atoms with E-state index in [1.54, 1.807) is 11.3 Å². The number of aromatic nitrogens is 2. The number of anilines is 1. The van der Waals surface area contributed by atoms with Gasteiger partial charge in [-0.2, -0.15) is 5.26 Å². The minimum atomic E-state index is 0.0710. The molecule has 0 aliphatic rings. The summed E-state index contributed by atoms with van der Waals surface area (Å²) in [5.41, 5.74) is 3.49. The zero-order chi connectivity index (χ0) is 17.1. The number of pyridine rings is 1. The lowest BCUT2D eigenvalue weighted by Gasteiger charge is -2.14. The number of rotatable bonds is 4. The Morgan fingerprint density at radius 2 is 1.83 bits per heavy atom. The summed E-state index contributed by atoms with van der Waals surface area (Å²) in [6.45, 7) is 6.00. The van der Waals surface area contributed by atoms with E-state index in [0.29, 0.717) is 11.5 Å². The number of nitriles is 1. The summed E-state index contributed by atoms with van der Waals surface area (Å²) >= 11 is 1.69. The number of benzene rings is 1. The largest absolute Gasteiger partial charge is 0.363 e. The summed E-state index contributed by atoms with van der Waals surface area (Å²) in [6, 6.07) is 16.2. The highest BCUT2D eigenvalue weighted by Crippen LogP contribution is 2.32. The van der Waals surface area contributed by atoms with Gasteiger partial charge in [-0.1, -0.05) is 36.4 Å². The van der Waals surface area contributed by atoms with Gasteiger partial charge in [0.1, 0.15) is 22.6 Å². The SMILES string of the molecule is Cc1ccc(NC(C)c2sc(-c3ccccc3)nc2C)nc1C#N. The van der Waals surface area contributed by atoms with E-state index in [0.717, 1.165) is 21.8 Å². The first-order valence-electron chi connectivity index (χ1n) is 7.75. The lowest BCUT2D eigenvalue weighted by atomic mass is 10.2. The molecule has 0 aliphatic heterocycles. The van der Waals surface area contributed by atoms with Crippen LogP contribution >= 0.6 is 11.3 Å². The summed E-state index contributed by atoms with van der Waals surface area (Å²) in [7, 11) is 0. The molecule has 3 aromatic rings. The molecule has 0 radical (unpaired) electrons. The molecule has 1 atom stereocenters. The highest BCUT2D eigenvalue weighted by atomic mass is 32.1. The number of nitrogens with one attached hydrogen (secondary N) is 1. The maximum Gasteiger partial charge on any atom is 0.145 e. The van der Waals surface area contributed by atoms with Crippen molar-refractivity contribution in [3.8, 4) is 16.6 Å². The molecule has 3 rings (SSSR count). The fraction of sp³-hybridized carbons (Fsp3) is 0.211. The maximum absolute atomic E-state index is 9.12. The minimum Gasteiger partial charge on any atom is -0.363 e. The van der Waals surface area contributed by atoms with E-state index < -0.39 is 0 Å². The van der Waals surface area contributed by atoms with Crippen molar-refractivity contribution in [3.63, 3.8) is 0 Å². The Kier molecular flexibility index (Phi) is 4.59. The smallest absolute Gasteiger partial charge is 0.145 e. The Hall–Kier alpha value is -2.71. The van der Waals surface area contributed by atoms with Gasteiger partial charge in [0.05, 0.1) is 11.7 Å². The van der Waals surface area contributed by atoms with E-state index in [1.807, 2.05) is 44.2 Å². The summed E-state index contributed by atoms with van der Waals surface area (Å²) < 4.78 is 0. The highest BCUT2D eigenvalue weighted by Gasteiger charge is 2.16. The highest BCUT2D eigenvalue weighted by molar-refractivity contribution is 7.15. The number of aryl methyl sites for hydroxylation is 2. The second kappa shape index (κ2) is 6.81. The van der Waals surface area contributed by atoms with Crippen LogP contribution in [0.15, 0.2) is 42.5 Å². The number of thiazole rings is 1. The van der Waals surface area contributed by atoms with E-state index in [-0.39, 0.29) is 6.04 Å². The molecule has 0 saturated heterocycles. The lowest BCUT2D eigenvalue weighted by molar-refractivity contribution is 0.879. The Morgan fingerprint density at radius 3 is 2.54 bits per heavy atom. The van der Waals surface area contributed by atoms with Crippen LogP contribution in [0.5, 0.6) is 0 Å². The molecule has 0 saturated carbocycles. The quantitative estimate of drug-likeness (QED) is 0.739. The summed E-state index contributed by atoms with van der Waals surface area (Å²) in [5.74, 6) is 0.707. The van der Waals surface area contributed by atoms with Gasteiger partial charge < -0.3 is 5.32 Å². The third-order valence-corrected chi connectivity index (χ3v) is 5.20. The van der Waals surface area contributed by atoms with Crippen LogP contribution in [0.4, 0.5) is 5.82 Å².